The molecule has 0 aromatic heterocycles. The van der Waals surface area contributed by atoms with Gasteiger partial charge in [-0.15, -0.1) is 0 Å². The average Bonchev–Trinajstić information content (AvgIpc) is 2.27. The third kappa shape index (κ3) is 6.09. The van der Waals surface area contributed by atoms with Crippen LogP contribution in [0.2, 0.25) is 0 Å². The summed E-state index contributed by atoms with van der Waals surface area (Å²) in [5.74, 6) is -0.0334. The van der Waals surface area contributed by atoms with Crippen molar-refractivity contribution >= 4 is 37.8 Å². The van der Waals surface area contributed by atoms with Crippen molar-refractivity contribution in [1.82, 2.24) is 5.32 Å². The Labute approximate surface area is 132 Å². The number of carbonyl (C=O) groups is 1. The summed E-state index contributed by atoms with van der Waals surface area (Å²) in [6, 6.07) is 5.78. The number of halogens is 2. The second kappa shape index (κ2) is 6.89. The molecule has 1 rings (SSSR count). The maximum absolute atomic E-state index is 12.1. The highest BCUT2D eigenvalue weighted by Gasteiger charge is 2.18. The molecule has 0 saturated carbocycles. The molecule has 1 aromatic rings. The highest BCUT2D eigenvalue weighted by molar-refractivity contribution is 9.10. The molecule has 0 aliphatic rings. The molecule has 1 aromatic carbocycles. The molecule has 1 N–H and O–H groups in total. The lowest BCUT2D eigenvalue weighted by Crippen LogP contribution is -2.31. The molecule has 0 aliphatic carbocycles. The smallest absolute Gasteiger partial charge is 0.252 e. The van der Waals surface area contributed by atoms with Crippen molar-refractivity contribution in [2.45, 2.75) is 38.9 Å². The van der Waals surface area contributed by atoms with Crippen molar-refractivity contribution < 1.29 is 4.79 Å². The molecule has 0 aliphatic heterocycles. The Morgan fingerprint density at radius 2 is 2.00 bits per heavy atom. The molecule has 1 atom stereocenters. The van der Waals surface area contributed by atoms with Crippen molar-refractivity contribution in [3.8, 4) is 0 Å². The average molecular weight is 391 g/mol. The van der Waals surface area contributed by atoms with Gasteiger partial charge in [-0.25, -0.2) is 0 Å². The van der Waals surface area contributed by atoms with Gasteiger partial charge in [0, 0.05) is 15.8 Å². The van der Waals surface area contributed by atoms with Crippen molar-refractivity contribution in [2.24, 2.45) is 5.41 Å². The lowest BCUT2D eigenvalue weighted by molar-refractivity contribution is 0.0951. The second-order valence-electron chi connectivity index (χ2n) is 6.06. The highest BCUT2D eigenvalue weighted by atomic mass is 79.9. The Morgan fingerprint density at radius 3 is 2.58 bits per heavy atom. The largest absolute Gasteiger partial charge is 0.351 e. The number of rotatable bonds is 4. The summed E-state index contributed by atoms with van der Waals surface area (Å²) in [6.45, 7) is 9.20. The van der Waals surface area contributed by atoms with E-state index >= 15 is 0 Å². The first-order chi connectivity index (χ1) is 8.69. The van der Waals surface area contributed by atoms with E-state index < -0.39 is 0 Å². The minimum atomic E-state index is -0.0334. The summed E-state index contributed by atoms with van der Waals surface area (Å²) in [4.78, 5) is 12.4. The van der Waals surface area contributed by atoms with E-state index in [1.165, 1.54) is 0 Å². The molecule has 0 radical (unpaired) electrons. The van der Waals surface area contributed by atoms with Crippen LogP contribution in [-0.2, 0) is 0 Å². The van der Waals surface area contributed by atoms with Crippen LogP contribution in [0.25, 0.3) is 0 Å². The predicted octanol–water partition coefficient (Wildman–Crippen LogP) is 4.69. The molecule has 1 amide bonds. The van der Waals surface area contributed by atoms with Crippen LogP contribution < -0.4 is 5.32 Å². The summed E-state index contributed by atoms with van der Waals surface area (Å²) >= 11 is 7.04. The molecule has 0 bridgehead atoms. The summed E-state index contributed by atoms with van der Waals surface area (Å²) in [7, 11) is 0. The van der Waals surface area contributed by atoms with Crippen LogP contribution in [0.3, 0.4) is 0 Å². The second-order valence-corrected chi connectivity index (χ2v) is 8.20. The Morgan fingerprint density at radius 1 is 1.37 bits per heavy atom. The number of amides is 1. The van der Waals surface area contributed by atoms with Crippen molar-refractivity contribution in [2.75, 3.05) is 6.54 Å². The molecular weight excluding hydrogens is 370 g/mol. The van der Waals surface area contributed by atoms with E-state index in [0.717, 1.165) is 16.5 Å². The fourth-order valence-corrected chi connectivity index (χ4v) is 3.41. The number of alkyl halides is 1. The molecule has 106 valence electrons. The van der Waals surface area contributed by atoms with E-state index in [9.17, 15) is 4.79 Å². The molecule has 0 spiro atoms. The third-order valence-corrected chi connectivity index (χ3v) is 4.02. The first kappa shape index (κ1) is 16.7. The number of aryl methyl sites for hydroxylation is 1. The minimum Gasteiger partial charge on any atom is -0.351 e. The molecule has 1 unspecified atom stereocenters. The normalized spacial score (nSPS) is 13.2. The molecule has 0 fully saturated rings. The molecule has 0 saturated heterocycles. The number of nitrogens with one attached hydrogen (secondary N) is 1. The van der Waals surface area contributed by atoms with E-state index in [1.807, 2.05) is 25.1 Å². The van der Waals surface area contributed by atoms with Gasteiger partial charge in [-0.3, -0.25) is 4.79 Å². The van der Waals surface area contributed by atoms with Crippen molar-refractivity contribution in [3.05, 3.63) is 33.8 Å². The zero-order chi connectivity index (χ0) is 14.6. The number of hydrogen-bond acceptors (Lipinski definition) is 1. The summed E-state index contributed by atoms with van der Waals surface area (Å²) < 4.78 is 0.831. The van der Waals surface area contributed by atoms with Gasteiger partial charge < -0.3 is 5.32 Å². The zero-order valence-electron chi connectivity index (χ0n) is 11.9. The number of hydrogen-bond donors (Lipinski definition) is 1. The van der Waals surface area contributed by atoms with Crippen LogP contribution in [0.1, 0.15) is 43.1 Å². The Hall–Kier alpha value is -0.350. The number of benzene rings is 1. The standard InChI is InChI=1S/C15H21Br2NO/c1-10-5-6-13(17)12(7-10)14(19)18-9-11(16)8-15(2,3)4/h5-7,11H,8-9H2,1-4H3,(H,18,19). The monoisotopic (exact) mass is 389 g/mol. The summed E-state index contributed by atoms with van der Waals surface area (Å²) in [6.07, 6.45) is 1.02. The van der Waals surface area contributed by atoms with E-state index in [-0.39, 0.29) is 11.3 Å². The molecule has 0 heterocycles. The predicted molar refractivity (Wildman–Crippen MR) is 88.0 cm³/mol. The highest BCUT2D eigenvalue weighted by Crippen LogP contribution is 2.24. The van der Waals surface area contributed by atoms with Gasteiger partial charge in [-0.1, -0.05) is 48.3 Å². The van der Waals surface area contributed by atoms with Crippen molar-refractivity contribution in [3.63, 3.8) is 0 Å². The van der Waals surface area contributed by atoms with Gasteiger partial charge >= 0.3 is 0 Å². The van der Waals surface area contributed by atoms with Gasteiger partial charge in [0.1, 0.15) is 0 Å². The van der Waals surface area contributed by atoms with E-state index in [4.69, 9.17) is 0 Å². The van der Waals surface area contributed by atoms with Crippen LogP contribution in [0.15, 0.2) is 22.7 Å². The molecule has 19 heavy (non-hydrogen) atoms. The van der Waals surface area contributed by atoms with Gasteiger partial charge in [-0.05, 0) is 46.8 Å². The molecule has 2 nitrogen and oxygen atoms in total. The van der Waals surface area contributed by atoms with Gasteiger partial charge in [0.2, 0.25) is 0 Å². The van der Waals surface area contributed by atoms with Crippen LogP contribution in [0.4, 0.5) is 0 Å². The van der Waals surface area contributed by atoms with E-state index in [1.54, 1.807) is 0 Å². The molecular formula is C15H21Br2NO. The number of carbonyl (C=O) groups excluding carboxylic acids is 1. The lowest BCUT2D eigenvalue weighted by Gasteiger charge is -2.22. The SMILES string of the molecule is Cc1ccc(Br)c(C(=O)NCC(Br)CC(C)(C)C)c1. The maximum atomic E-state index is 12.1. The fourth-order valence-electron chi connectivity index (χ4n) is 1.85. The zero-order valence-corrected chi connectivity index (χ0v) is 15.1. The van der Waals surface area contributed by atoms with Gasteiger partial charge in [0.15, 0.2) is 0 Å². The van der Waals surface area contributed by atoms with Gasteiger partial charge in [0.05, 0.1) is 5.56 Å². The lowest BCUT2D eigenvalue weighted by atomic mass is 9.90. The van der Waals surface area contributed by atoms with Crippen LogP contribution in [-0.4, -0.2) is 17.3 Å². The Bertz CT molecular complexity index is 452. The van der Waals surface area contributed by atoms with Crippen LogP contribution in [0.5, 0.6) is 0 Å². The quantitative estimate of drug-likeness (QED) is 0.742. The van der Waals surface area contributed by atoms with Gasteiger partial charge in [0.25, 0.3) is 5.91 Å². The summed E-state index contributed by atoms with van der Waals surface area (Å²) in [5.41, 5.74) is 2.02. The first-order valence-corrected chi connectivity index (χ1v) is 8.08. The Kier molecular flexibility index (Phi) is 6.06. The van der Waals surface area contributed by atoms with Crippen LogP contribution in [0, 0.1) is 12.3 Å². The first-order valence-electron chi connectivity index (χ1n) is 6.37. The van der Waals surface area contributed by atoms with E-state index in [2.05, 4.69) is 57.9 Å². The Balaban J connectivity index is 2.58. The van der Waals surface area contributed by atoms with Gasteiger partial charge in [-0.2, -0.15) is 0 Å². The minimum absolute atomic E-state index is 0.0334. The fraction of sp³-hybridized carbons (Fsp3) is 0.533. The van der Waals surface area contributed by atoms with E-state index in [0.29, 0.717) is 16.9 Å². The van der Waals surface area contributed by atoms with Crippen molar-refractivity contribution in [1.29, 1.82) is 0 Å². The summed E-state index contributed by atoms with van der Waals surface area (Å²) in [5, 5.41) is 2.97. The molecule has 4 heteroatoms. The third-order valence-electron chi connectivity index (χ3n) is 2.68. The maximum Gasteiger partial charge on any atom is 0.252 e. The van der Waals surface area contributed by atoms with Crippen LogP contribution >= 0.6 is 31.9 Å². The topological polar surface area (TPSA) is 29.1 Å².